The summed E-state index contributed by atoms with van der Waals surface area (Å²) in [7, 11) is 0. The van der Waals surface area contributed by atoms with Gasteiger partial charge in [-0.15, -0.1) is 0 Å². The van der Waals surface area contributed by atoms with E-state index in [1.165, 1.54) is 6.92 Å². The summed E-state index contributed by atoms with van der Waals surface area (Å²) in [6.45, 7) is 5.94. The molecule has 0 saturated carbocycles. The number of hydrogen-bond donors (Lipinski definition) is 0. The van der Waals surface area contributed by atoms with Crippen LogP contribution in [0.5, 0.6) is 5.75 Å². The summed E-state index contributed by atoms with van der Waals surface area (Å²) in [5, 5.41) is 0. The quantitative estimate of drug-likeness (QED) is 0.417. The van der Waals surface area contributed by atoms with E-state index in [2.05, 4.69) is 19.9 Å². The molecular formula is C16H22O4. The minimum absolute atomic E-state index is 0.189. The molecule has 0 aliphatic rings. The van der Waals surface area contributed by atoms with Crippen molar-refractivity contribution in [3.63, 3.8) is 0 Å². The fourth-order valence-electron chi connectivity index (χ4n) is 2.03. The lowest BCUT2D eigenvalue weighted by Crippen LogP contribution is -2.12. The molecule has 0 bridgehead atoms. The fraction of sp³-hybridized carbons (Fsp3) is 0.500. The van der Waals surface area contributed by atoms with Crippen LogP contribution in [0.4, 0.5) is 0 Å². The Kier molecular flexibility index (Phi) is 6.77. The topological polar surface area (TPSA) is 52.6 Å². The molecule has 4 heteroatoms. The largest absolute Gasteiger partial charge is 0.489 e. The number of hydrogen-bond acceptors (Lipinski definition) is 4. The van der Waals surface area contributed by atoms with Crippen LogP contribution in [-0.2, 0) is 22.4 Å². The smallest absolute Gasteiger partial charge is 0.302 e. The Labute approximate surface area is 120 Å². The van der Waals surface area contributed by atoms with Gasteiger partial charge in [-0.2, -0.15) is 0 Å². The standard InChI is InChI=1S/C16H22O4/c1-4-6-14-9-13(5-2)10-15(11-17)16(14)20-8-7-19-12(3)18/h9-11H,4-8H2,1-3H3. The highest BCUT2D eigenvalue weighted by Gasteiger charge is 2.11. The molecular weight excluding hydrogens is 256 g/mol. The molecule has 0 aromatic heterocycles. The molecule has 1 aromatic rings. The van der Waals surface area contributed by atoms with Crippen LogP contribution in [0.15, 0.2) is 12.1 Å². The lowest BCUT2D eigenvalue weighted by molar-refractivity contribution is -0.141. The number of aldehydes is 1. The highest BCUT2D eigenvalue weighted by atomic mass is 16.6. The molecule has 0 aliphatic heterocycles. The van der Waals surface area contributed by atoms with Crippen molar-refractivity contribution in [1.29, 1.82) is 0 Å². The number of rotatable bonds is 8. The maximum Gasteiger partial charge on any atom is 0.302 e. The molecule has 0 heterocycles. The van der Waals surface area contributed by atoms with Crippen molar-refractivity contribution in [2.24, 2.45) is 0 Å². The van der Waals surface area contributed by atoms with Crippen LogP contribution in [-0.4, -0.2) is 25.5 Å². The van der Waals surface area contributed by atoms with Crippen molar-refractivity contribution in [3.05, 3.63) is 28.8 Å². The van der Waals surface area contributed by atoms with Crippen LogP contribution in [0.2, 0.25) is 0 Å². The van der Waals surface area contributed by atoms with E-state index < -0.39 is 0 Å². The van der Waals surface area contributed by atoms with Gasteiger partial charge in [0, 0.05) is 6.92 Å². The zero-order chi connectivity index (χ0) is 15.0. The number of benzene rings is 1. The van der Waals surface area contributed by atoms with Crippen LogP contribution < -0.4 is 4.74 Å². The highest BCUT2D eigenvalue weighted by molar-refractivity contribution is 5.80. The molecule has 1 rings (SSSR count). The Morgan fingerprint density at radius 3 is 2.55 bits per heavy atom. The molecule has 0 radical (unpaired) electrons. The van der Waals surface area contributed by atoms with Crippen LogP contribution in [0, 0.1) is 0 Å². The van der Waals surface area contributed by atoms with E-state index in [1.54, 1.807) is 0 Å². The summed E-state index contributed by atoms with van der Waals surface area (Å²) in [4.78, 5) is 21.9. The third-order valence-electron chi connectivity index (χ3n) is 2.94. The van der Waals surface area contributed by atoms with Gasteiger partial charge in [0.05, 0.1) is 5.56 Å². The first-order valence-electron chi connectivity index (χ1n) is 6.99. The Bertz CT molecular complexity index is 466. The fourth-order valence-corrected chi connectivity index (χ4v) is 2.03. The van der Waals surface area contributed by atoms with Gasteiger partial charge in [-0.05, 0) is 30.0 Å². The van der Waals surface area contributed by atoms with Crippen molar-refractivity contribution >= 4 is 12.3 Å². The average molecular weight is 278 g/mol. The Morgan fingerprint density at radius 1 is 1.25 bits per heavy atom. The van der Waals surface area contributed by atoms with Gasteiger partial charge in [0.25, 0.3) is 0 Å². The normalized spacial score (nSPS) is 10.2. The van der Waals surface area contributed by atoms with Gasteiger partial charge in [-0.1, -0.05) is 26.3 Å². The van der Waals surface area contributed by atoms with Gasteiger partial charge in [-0.25, -0.2) is 0 Å². The molecule has 0 N–H and O–H groups in total. The molecule has 4 nitrogen and oxygen atoms in total. The second kappa shape index (κ2) is 8.35. The number of aryl methyl sites for hydroxylation is 2. The molecule has 0 fully saturated rings. The third kappa shape index (κ3) is 4.68. The minimum Gasteiger partial charge on any atom is -0.489 e. The van der Waals surface area contributed by atoms with Crippen molar-refractivity contribution < 1.29 is 19.1 Å². The lowest BCUT2D eigenvalue weighted by Gasteiger charge is -2.15. The predicted octanol–water partition coefficient (Wildman–Crippen LogP) is 2.96. The van der Waals surface area contributed by atoms with Crippen molar-refractivity contribution in [2.45, 2.75) is 40.0 Å². The van der Waals surface area contributed by atoms with Gasteiger partial charge in [-0.3, -0.25) is 9.59 Å². The first-order chi connectivity index (χ1) is 9.62. The summed E-state index contributed by atoms with van der Waals surface area (Å²) in [5.41, 5.74) is 2.73. The van der Waals surface area contributed by atoms with Gasteiger partial charge in [0.15, 0.2) is 6.29 Å². The maximum atomic E-state index is 11.2. The van der Waals surface area contributed by atoms with Crippen molar-refractivity contribution in [1.82, 2.24) is 0 Å². The van der Waals surface area contributed by atoms with Crippen molar-refractivity contribution in [3.8, 4) is 5.75 Å². The van der Waals surface area contributed by atoms with E-state index >= 15 is 0 Å². The first-order valence-corrected chi connectivity index (χ1v) is 6.99. The first kappa shape index (κ1) is 16.2. The monoisotopic (exact) mass is 278 g/mol. The van der Waals surface area contributed by atoms with Gasteiger partial charge < -0.3 is 9.47 Å². The van der Waals surface area contributed by atoms with Crippen molar-refractivity contribution in [2.75, 3.05) is 13.2 Å². The third-order valence-corrected chi connectivity index (χ3v) is 2.94. The average Bonchev–Trinajstić information content (AvgIpc) is 2.44. The van der Waals surface area contributed by atoms with E-state index in [4.69, 9.17) is 9.47 Å². The number of carbonyl (C=O) groups excluding carboxylic acids is 2. The molecule has 0 unspecified atom stereocenters. The van der Waals surface area contributed by atoms with E-state index in [9.17, 15) is 9.59 Å². The summed E-state index contributed by atoms with van der Waals surface area (Å²) in [5.74, 6) is 0.283. The van der Waals surface area contributed by atoms with Crippen LogP contribution in [0.3, 0.4) is 0 Å². The zero-order valence-corrected chi connectivity index (χ0v) is 12.4. The number of esters is 1. The van der Waals surface area contributed by atoms with E-state index in [0.29, 0.717) is 11.3 Å². The molecule has 20 heavy (non-hydrogen) atoms. The predicted molar refractivity (Wildman–Crippen MR) is 77.3 cm³/mol. The Balaban J connectivity index is 2.89. The van der Waals surface area contributed by atoms with E-state index in [-0.39, 0.29) is 19.2 Å². The Morgan fingerprint density at radius 2 is 2.00 bits per heavy atom. The molecule has 0 amide bonds. The molecule has 0 atom stereocenters. The van der Waals surface area contributed by atoms with Gasteiger partial charge in [0.2, 0.25) is 0 Å². The zero-order valence-electron chi connectivity index (χ0n) is 12.4. The second-order valence-corrected chi connectivity index (χ2v) is 4.58. The highest BCUT2D eigenvalue weighted by Crippen LogP contribution is 2.26. The molecule has 0 aliphatic carbocycles. The van der Waals surface area contributed by atoms with E-state index in [1.807, 2.05) is 6.07 Å². The summed E-state index contributed by atoms with van der Waals surface area (Å²) < 4.78 is 10.5. The number of carbonyl (C=O) groups is 2. The summed E-state index contributed by atoms with van der Waals surface area (Å²) in [6, 6.07) is 3.94. The molecule has 0 spiro atoms. The van der Waals surface area contributed by atoms with Gasteiger partial charge >= 0.3 is 5.97 Å². The molecule has 0 saturated heterocycles. The van der Waals surface area contributed by atoms with Crippen LogP contribution in [0.1, 0.15) is 48.7 Å². The van der Waals surface area contributed by atoms with Gasteiger partial charge in [0.1, 0.15) is 19.0 Å². The number of ether oxygens (including phenoxy) is 2. The maximum absolute atomic E-state index is 11.2. The Hall–Kier alpha value is -1.84. The SMILES string of the molecule is CCCc1cc(CC)cc(C=O)c1OCCOC(C)=O. The minimum atomic E-state index is -0.334. The summed E-state index contributed by atoms with van der Waals surface area (Å²) >= 11 is 0. The van der Waals surface area contributed by atoms with Crippen LogP contribution in [0.25, 0.3) is 0 Å². The summed E-state index contributed by atoms with van der Waals surface area (Å²) in [6.07, 6.45) is 3.54. The van der Waals surface area contributed by atoms with Crippen LogP contribution >= 0.6 is 0 Å². The lowest BCUT2D eigenvalue weighted by atomic mass is 10.00. The molecule has 110 valence electrons. The van der Waals surface area contributed by atoms with E-state index in [0.717, 1.165) is 36.7 Å². The molecule has 1 aromatic carbocycles. The second-order valence-electron chi connectivity index (χ2n) is 4.58.